The molecule has 0 bridgehead atoms. The van der Waals surface area contributed by atoms with E-state index in [0.29, 0.717) is 12.5 Å². The van der Waals surface area contributed by atoms with Crippen molar-refractivity contribution in [1.29, 1.82) is 0 Å². The lowest BCUT2D eigenvalue weighted by Crippen LogP contribution is -2.37. The number of hydrogen-bond acceptors (Lipinski definition) is 5. The van der Waals surface area contributed by atoms with Gasteiger partial charge in [-0.25, -0.2) is 4.79 Å². The van der Waals surface area contributed by atoms with Crippen LogP contribution >= 0.6 is 0 Å². The lowest BCUT2D eigenvalue weighted by atomic mass is 9.89. The minimum absolute atomic E-state index is 0.115. The zero-order valence-electron chi connectivity index (χ0n) is 15.8. The van der Waals surface area contributed by atoms with E-state index in [9.17, 15) is 9.59 Å². The maximum Gasteiger partial charge on any atom is 0.410 e. The Labute approximate surface area is 174 Å². The summed E-state index contributed by atoms with van der Waals surface area (Å²) in [6, 6.07) is 9.58. The van der Waals surface area contributed by atoms with Gasteiger partial charge < -0.3 is 14.4 Å². The number of ether oxygens (including phenoxy) is 1. The molecule has 1 aromatic rings. The first-order valence-corrected chi connectivity index (χ1v) is 10.9. The van der Waals surface area contributed by atoms with Crippen molar-refractivity contribution in [2.45, 2.75) is 38.7 Å². The number of carbonyl (C=O) groups is 2. The average Bonchev–Trinajstić information content (AvgIpc) is 2.66. The quantitative estimate of drug-likeness (QED) is 0.375. The van der Waals surface area contributed by atoms with E-state index in [1.807, 2.05) is 30.3 Å². The van der Waals surface area contributed by atoms with Gasteiger partial charge in [-0.3, -0.25) is 18.2 Å². The molecule has 1 aliphatic rings. The first-order valence-electron chi connectivity index (χ1n) is 8.75. The number of rotatable bonds is 6. The van der Waals surface area contributed by atoms with Gasteiger partial charge in [0.25, 0.3) is 22.7 Å². The summed E-state index contributed by atoms with van der Waals surface area (Å²) in [5, 5.41) is 0. The molecule has 1 fully saturated rings. The summed E-state index contributed by atoms with van der Waals surface area (Å²) in [7, 11) is 0. The fraction of sp³-hybridized carbons (Fsp3) is 0.529. The largest absolute Gasteiger partial charge is 0.445 e. The molecular formula is C17H27NO9S2. The van der Waals surface area contributed by atoms with Gasteiger partial charge in [-0.2, -0.15) is 8.42 Å². The normalized spacial score (nSPS) is 13.6. The second-order valence-corrected chi connectivity index (χ2v) is 7.00. The van der Waals surface area contributed by atoms with Crippen LogP contribution in [0.1, 0.15) is 37.7 Å². The molecule has 2 rings (SSSR count). The molecule has 1 aliphatic carbocycles. The van der Waals surface area contributed by atoms with Crippen LogP contribution in [-0.2, 0) is 38.9 Å². The highest BCUT2D eigenvalue weighted by Crippen LogP contribution is 2.24. The molecule has 1 saturated carbocycles. The van der Waals surface area contributed by atoms with Crippen molar-refractivity contribution in [2.75, 3.05) is 13.1 Å². The van der Waals surface area contributed by atoms with E-state index in [0.717, 1.165) is 24.7 Å². The predicted molar refractivity (Wildman–Crippen MR) is 108 cm³/mol. The number of hydrogen-bond donors (Lipinski definition) is 4. The van der Waals surface area contributed by atoms with Crippen molar-refractivity contribution >= 4 is 35.1 Å². The summed E-state index contributed by atoms with van der Waals surface area (Å²) in [5.41, 5.74) is 0.953. The Morgan fingerprint density at radius 1 is 1.03 bits per heavy atom. The molecule has 166 valence electrons. The number of benzene rings is 1. The Hall–Kier alpha value is -1.70. The fourth-order valence-electron chi connectivity index (χ4n) is 2.81. The maximum absolute atomic E-state index is 12.1. The summed E-state index contributed by atoms with van der Waals surface area (Å²) in [4.78, 5) is 24.4. The van der Waals surface area contributed by atoms with Crippen molar-refractivity contribution in [1.82, 2.24) is 4.90 Å². The molecule has 12 heteroatoms. The lowest BCUT2D eigenvalue weighted by Gasteiger charge is -2.28. The molecule has 0 aromatic heterocycles. The topological polar surface area (TPSA) is 162 Å². The molecule has 0 aliphatic heterocycles. The van der Waals surface area contributed by atoms with Crippen LogP contribution in [0.3, 0.4) is 0 Å². The zero-order chi connectivity index (χ0) is 22.1. The van der Waals surface area contributed by atoms with Gasteiger partial charge in [0.15, 0.2) is 0 Å². The Kier molecular flexibility index (Phi) is 16.2. The van der Waals surface area contributed by atoms with E-state index < -0.39 is 28.8 Å². The molecule has 0 atom stereocenters. The van der Waals surface area contributed by atoms with E-state index in [4.69, 9.17) is 31.4 Å². The third-order valence-corrected chi connectivity index (χ3v) is 3.96. The van der Waals surface area contributed by atoms with E-state index in [1.54, 1.807) is 0 Å². The molecule has 0 saturated heterocycles. The van der Waals surface area contributed by atoms with Gasteiger partial charge in [-0.15, -0.1) is 0 Å². The summed E-state index contributed by atoms with van der Waals surface area (Å²) in [6.07, 6.45) is 6.38. The van der Waals surface area contributed by atoms with Crippen molar-refractivity contribution in [3.05, 3.63) is 35.9 Å². The van der Waals surface area contributed by atoms with Crippen LogP contribution < -0.4 is 0 Å². The second-order valence-electron chi connectivity index (χ2n) is 6.08. The van der Waals surface area contributed by atoms with Crippen molar-refractivity contribution in [3.63, 3.8) is 0 Å². The van der Waals surface area contributed by atoms with Crippen LogP contribution in [0.5, 0.6) is 0 Å². The van der Waals surface area contributed by atoms with Gasteiger partial charge in [0.1, 0.15) is 12.9 Å². The minimum atomic E-state index is -2.61. The smallest absolute Gasteiger partial charge is 0.410 e. The Bertz CT molecular complexity index is 605. The maximum atomic E-state index is 12.1. The molecule has 1 aromatic carbocycles. The van der Waals surface area contributed by atoms with E-state index in [2.05, 4.69) is 0 Å². The van der Waals surface area contributed by atoms with Gasteiger partial charge in [-0.1, -0.05) is 49.6 Å². The van der Waals surface area contributed by atoms with Gasteiger partial charge in [0.05, 0.1) is 6.54 Å². The van der Waals surface area contributed by atoms with Gasteiger partial charge in [-0.05, 0) is 24.3 Å². The molecule has 0 spiro atoms. The van der Waals surface area contributed by atoms with Crippen LogP contribution in [0.25, 0.3) is 0 Å². The van der Waals surface area contributed by atoms with E-state index in [1.165, 1.54) is 24.2 Å². The minimum Gasteiger partial charge on any atom is -0.445 e. The van der Waals surface area contributed by atoms with Crippen molar-refractivity contribution < 1.29 is 41.0 Å². The summed E-state index contributed by atoms with van der Waals surface area (Å²) < 4.78 is 51.0. The number of aldehydes is 1. The molecule has 0 heterocycles. The third-order valence-electron chi connectivity index (χ3n) is 3.96. The van der Waals surface area contributed by atoms with Crippen molar-refractivity contribution in [2.24, 2.45) is 5.92 Å². The highest BCUT2D eigenvalue weighted by molar-refractivity contribution is 7.73. The van der Waals surface area contributed by atoms with Crippen LogP contribution in [0, 0.1) is 5.92 Å². The first kappa shape index (κ1) is 27.3. The summed E-state index contributed by atoms with van der Waals surface area (Å²) >= 11 is -5.22. The third kappa shape index (κ3) is 16.9. The van der Waals surface area contributed by atoms with Gasteiger partial charge in [0, 0.05) is 6.54 Å². The Morgan fingerprint density at radius 3 is 2.03 bits per heavy atom. The van der Waals surface area contributed by atoms with Crippen molar-refractivity contribution in [3.8, 4) is 0 Å². The standard InChI is InChI=1S/C17H23NO3.2H2O3S/c19-12-11-18(13-15-7-3-1-4-8-15)17(20)21-14-16-9-5-2-6-10-16;2*1-4(2)3/h2,5-6,9-10,12,15H,1,3-4,7-8,11,13-14H2;2*(H2,1,2,3). The number of nitrogens with zero attached hydrogens (tertiary/aromatic N) is 1. The first-order chi connectivity index (χ1) is 13.8. The van der Waals surface area contributed by atoms with Crippen LogP contribution in [-0.4, -0.2) is 57.0 Å². The number of carbonyl (C=O) groups excluding carboxylic acids is 2. The van der Waals surface area contributed by atoms with Gasteiger partial charge in [0.2, 0.25) is 0 Å². The molecular weight excluding hydrogens is 426 g/mol. The fourth-order valence-corrected chi connectivity index (χ4v) is 2.81. The molecule has 4 N–H and O–H groups in total. The highest BCUT2D eigenvalue weighted by atomic mass is 32.2. The Morgan fingerprint density at radius 2 is 1.55 bits per heavy atom. The van der Waals surface area contributed by atoms with E-state index in [-0.39, 0.29) is 13.2 Å². The SMILES string of the molecule is O=CCN(CC1CCCCC1)C(=O)OCc1ccccc1.O=S(O)O.O=S(O)O. The molecule has 10 nitrogen and oxygen atoms in total. The summed E-state index contributed by atoms with van der Waals surface area (Å²) in [5.74, 6) is 0.503. The molecule has 0 unspecified atom stereocenters. The predicted octanol–water partition coefficient (Wildman–Crippen LogP) is 2.77. The number of amides is 1. The molecule has 0 radical (unpaired) electrons. The van der Waals surface area contributed by atoms with E-state index >= 15 is 0 Å². The Balaban J connectivity index is 0.000000837. The lowest BCUT2D eigenvalue weighted by molar-refractivity contribution is -0.108. The van der Waals surface area contributed by atoms with Crippen LogP contribution in [0.15, 0.2) is 30.3 Å². The second kappa shape index (κ2) is 17.2. The van der Waals surface area contributed by atoms with Gasteiger partial charge >= 0.3 is 6.09 Å². The molecule has 1 amide bonds. The zero-order valence-corrected chi connectivity index (χ0v) is 17.4. The van der Waals surface area contributed by atoms with Crippen LogP contribution in [0.2, 0.25) is 0 Å². The average molecular weight is 454 g/mol. The molecule has 29 heavy (non-hydrogen) atoms. The highest BCUT2D eigenvalue weighted by Gasteiger charge is 2.21. The summed E-state index contributed by atoms with van der Waals surface area (Å²) in [6.45, 7) is 0.996. The van der Waals surface area contributed by atoms with Crippen LogP contribution in [0.4, 0.5) is 4.79 Å². The monoisotopic (exact) mass is 453 g/mol.